The van der Waals surface area contributed by atoms with Gasteiger partial charge in [-0.05, 0) is 51.2 Å². The number of aromatic nitrogens is 1. The van der Waals surface area contributed by atoms with E-state index in [1.165, 1.54) is 0 Å². The summed E-state index contributed by atoms with van der Waals surface area (Å²) in [5.74, 6) is -0.540. The molecule has 2 heterocycles. The van der Waals surface area contributed by atoms with Crippen LogP contribution in [0.15, 0.2) is 12.3 Å². The second-order valence-corrected chi connectivity index (χ2v) is 6.49. The molecule has 2 N–H and O–H groups in total. The first-order valence-corrected chi connectivity index (χ1v) is 7.68. The van der Waals surface area contributed by atoms with Gasteiger partial charge in [-0.15, -0.1) is 0 Å². The van der Waals surface area contributed by atoms with Crippen LogP contribution in [0, 0.1) is 19.8 Å². The molecular formula is C16H20N4O3. The minimum atomic E-state index is -0.861. The minimum absolute atomic E-state index is 0.178. The van der Waals surface area contributed by atoms with E-state index >= 15 is 0 Å². The zero-order chi connectivity index (χ0) is 16.8. The number of amides is 4. The lowest BCUT2D eigenvalue weighted by Crippen LogP contribution is -2.46. The van der Waals surface area contributed by atoms with Crippen molar-refractivity contribution in [3.8, 4) is 0 Å². The van der Waals surface area contributed by atoms with Crippen molar-refractivity contribution in [1.29, 1.82) is 0 Å². The van der Waals surface area contributed by atoms with E-state index in [9.17, 15) is 14.4 Å². The third-order valence-corrected chi connectivity index (χ3v) is 4.51. The van der Waals surface area contributed by atoms with Crippen LogP contribution in [0.4, 0.5) is 10.5 Å². The van der Waals surface area contributed by atoms with Crippen molar-refractivity contribution in [3.63, 3.8) is 0 Å². The van der Waals surface area contributed by atoms with E-state index in [1.807, 2.05) is 13.8 Å². The Labute approximate surface area is 134 Å². The lowest BCUT2D eigenvalue weighted by Gasteiger charge is -2.20. The number of carbonyl (C=O) groups is 3. The Balaban J connectivity index is 1.69. The number of nitrogens with one attached hydrogen (secondary N) is 2. The topological polar surface area (TPSA) is 91.4 Å². The number of aryl methyl sites for hydroxylation is 2. The van der Waals surface area contributed by atoms with Gasteiger partial charge >= 0.3 is 6.03 Å². The molecule has 7 heteroatoms. The number of rotatable bonds is 4. The van der Waals surface area contributed by atoms with Gasteiger partial charge in [-0.1, -0.05) is 0 Å². The fraction of sp³-hybridized carbons (Fsp3) is 0.500. The lowest BCUT2D eigenvalue weighted by molar-refractivity contribution is -0.134. The maximum Gasteiger partial charge on any atom is 0.325 e. The highest BCUT2D eigenvalue weighted by Gasteiger charge is 2.56. The van der Waals surface area contributed by atoms with Crippen molar-refractivity contribution in [2.45, 2.75) is 39.2 Å². The van der Waals surface area contributed by atoms with Gasteiger partial charge in [0.15, 0.2) is 0 Å². The highest BCUT2D eigenvalue weighted by Crippen LogP contribution is 2.42. The van der Waals surface area contributed by atoms with Crippen LogP contribution >= 0.6 is 0 Å². The Kier molecular flexibility index (Phi) is 3.58. The van der Waals surface area contributed by atoms with E-state index in [-0.39, 0.29) is 18.4 Å². The zero-order valence-corrected chi connectivity index (χ0v) is 13.5. The number of hydrogen-bond acceptors (Lipinski definition) is 4. The molecule has 2 aliphatic rings. The van der Waals surface area contributed by atoms with Crippen molar-refractivity contribution in [2.75, 3.05) is 11.9 Å². The van der Waals surface area contributed by atoms with Gasteiger partial charge in [-0.2, -0.15) is 0 Å². The van der Waals surface area contributed by atoms with Crippen LogP contribution in [0.5, 0.6) is 0 Å². The van der Waals surface area contributed by atoms with E-state index in [2.05, 4.69) is 15.6 Å². The van der Waals surface area contributed by atoms with Gasteiger partial charge in [0.1, 0.15) is 12.1 Å². The predicted molar refractivity (Wildman–Crippen MR) is 83.7 cm³/mol. The molecule has 7 nitrogen and oxygen atoms in total. The van der Waals surface area contributed by atoms with Crippen LogP contribution in [0.3, 0.4) is 0 Å². The highest BCUT2D eigenvalue weighted by atomic mass is 16.2. The van der Waals surface area contributed by atoms with E-state index < -0.39 is 17.5 Å². The van der Waals surface area contributed by atoms with Gasteiger partial charge in [0, 0.05) is 17.6 Å². The molecule has 1 aromatic rings. The Morgan fingerprint density at radius 3 is 2.78 bits per heavy atom. The molecular weight excluding hydrogens is 296 g/mol. The normalized spacial score (nSPS) is 23.9. The SMILES string of the molecule is Cc1cc(NC(=O)CN2C(=O)NC(C)(C3CC3)C2=O)c(C)cn1. The van der Waals surface area contributed by atoms with E-state index in [0.29, 0.717) is 5.69 Å². The molecule has 1 aliphatic heterocycles. The predicted octanol–water partition coefficient (Wildman–Crippen LogP) is 1.36. The fourth-order valence-electron chi connectivity index (χ4n) is 2.89. The molecule has 0 bridgehead atoms. The van der Waals surface area contributed by atoms with Gasteiger partial charge in [0.2, 0.25) is 5.91 Å². The lowest BCUT2D eigenvalue weighted by atomic mass is 9.96. The number of imide groups is 1. The van der Waals surface area contributed by atoms with Crippen LogP contribution in [0.25, 0.3) is 0 Å². The van der Waals surface area contributed by atoms with Gasteiger partial charge in [0.05, 0.1) is 0 Å². The number of nitrogens with zero attached hydrogens (tertiary/aromatic N) is 2. The van der Waals surface area contributed by atoms with Crippen molar-refractivity contribution in [3.05, 3.63) is 23.5 Å². The maximum atomic E-state index is 12.5. The number of hydrogen-bond donors (Lipinski definition) is 2. The Morgan fingerprint density at radius 2 is 2.13 bits per heavy atom. The fourth-order valence-corrected chi connectivity index (χ4v) is 2.89. The zero-order valence-electron chi connectivity index (χ0n) is 13.5. The van der Waals surface area contributed by atoms with E-state index in [4.69, 9.17) is 0 Å². The van der Waals surface area contributed by atoms with E-state index in [1.54, 1.807) is 19.2 Å². The average Bonchev–Trinajstić information content (AvgIpc) is 3.29. The molecule has 2 fully saturated rings. The molecule has 0 spiro atoms. The molecule has 1 saturated heterocycles. The third kappa shape index (κ3) is 2.78. The molecule has 122 valence electrons. The van der Waals surface area contributed by atoms with Gasteiger partial charge in [-0.3, -0.25) is 19.5 Å². The largest absolute Gasteiger partial charge is 0.325 e. The summed E-state index contributed by atoms with van der Waals surface area (Å²) in [6.45, 7) is 5.11. The standard InChI is InChI=1S/C16H20N4O3/c1-9-7-17-10(2)6-12(9)18-13(21)8-20-14(22)16(3,11-4-5-11)19-15(20)23/h6-7,11H,4-5,8H2,1-3H3,(H,19,23)(H,17,18,21). The minimum Gasteiger partial charge on any atom is -0.324 e. The summed E-state index contributed by atoms with van der Waals surface area (Å²) < 4.78 is 0. The summed E-state index contributed by atoms with van der Waals surface area (Å²) >= 11 is 0. The maximum absolute atomic E-state index is 12.5. The molecule has 1 saturated carbocycles. The Morgan fingerprint density at radius 1 is 1.43 bits per heavy atom. The number of pyridine rings is 1. The summed E-state index contributed by atoms with van der Waals surface area (Å²) in [7, 11) is 0. The molecule has 1 unspecified atom stereocenters. The smallest absolute Gasteiger partial charge is 0.324 e. The van der Waals surface area contributed by atoms with E-state index in [0.717, 1.165) is 29.0 Å². The van der Waals surface area contributed by atoms with Crippen molar-refractivity contribution in [1.82, 2.24) is 15.2 Å². The van der Waals surface area contributed by atoms with Gasteiger partial charge in [0.25, 0.3) is 5.91 Å². The van der Waals surface area contributed by atoms with Gasteiger partial charge in [-0.25, -0.2) is 4.79 Å². The van der Waals surface area contributed by atoms with Crippen molar-refractivity contribution in [2.24, 2.45) is 5.92 Å². The second-order valence-electron chi connectivity index (χ2n) is 6.49. The number of carbonyl (C=O) groups excluding carboxylic acids is 3. The van der Waals surface area contributed by atoms with Crippen molar-refractivity contribution >= 4 is 23.5 Å². The summed E-state index contributed by atoms with van der Waals surface area (Å²) in [5.41, 5.74) is 1.38. The van der Waals surface area contributed by atoms with Crippen molar-refractivity contribution < 1.29 is 14.4 Å². The third-order valence-electron chi connectivity index (χ3n) is 4.51. The van der Waals surface area contributed by atoms with Crippen LogP contribution in [0.1, 0.15) is 31.0 Å². The van der Waals surface area contributed by atoms with Crippen LogP contribution in [-0.4, -0.2) is 39.8 Å². The summed E-state index contributed by atoms with van der Waals surface area (Å²) in [6, 6.07) is 1.26. The first-order valence-electron chi connectivity index (χ1n) is 7.68. The molecule has 1 aliphatic carbocycles. The summed E-state index contributed by atoms with van der Waals surface area (Å²) in [4.78, 5) is 41.9. The molecule has 0 radical (unpaired) electrons. The first kappa shape index (κ1) is 15.5. The number of urea groups is 1. The molecule has 3 rings (SSSR count). The highest BCUT2D eigenvalue weighted by molar-refractivity contribution is 6.10. The van der Waals surface area contributed by atoms with Gasteiger partial charge < -0.3 is 10.6 Å². The van der Waals surface area contributed by atoms with Crippen LogP contribution < -0.4 is 10.6 Å². The summed E-state index contributed by atoms with van der Waals surface area (Å²) in [5, 5.41) is 5.47. The quantitative estimate of drug-likeness (QED) is 0.820. The van der Waals surface area contributed by atoms with Crippen LogP contribution in [0.2, 0.25) is 0 Å². The molecule has 1 atom stereocenters. The second kappa shape index (κ2) is 5.33. The monoisotopic (exact) mass is 316 g/mol. The Hall–Kier alpha value is -2.44. The molecule has 1 aromatic heterocycles. The molecule has 4 amide bonds. The average molecular weight is 316 g/mol. The molecule has 0 aromatic carbocycles. The molecule has 23 heavy (non-hydrogen) atoms. The summed E-state index contributed by atoms with van der Waals surface area (Å²) in [6.07, 6.45) is 3.53. The first-order chi connectivity index (χ1) is 10.8. The Bertz CT molecular complexity index is 699. The van der Waals surface area contributed by atoms with Crippen LogP contribution in [-0.2, 0) is 9.59 Å². The number of anilines is 1.